The van der Waals surface area contributed by atoms with Crippen LogP contribution < -0.4 is 0 Å². The molecule has 0 fully saturated rings. The number of ether oxygens (including phenoxy) is 1. The zero-order valence-electron chi connectivity index (χ0n) is 7.17. The third kappa shape index (κ3) is 1.59. The van der Waals surface area contributed by atoms with Gasteiger partial charge in [0.15, 0.2) is 0 Å². The summed E-state index contributed by atoms with van der Waals surface area (Å²) in [5.74, 6) is 0. The van der Waals surface area contributed by atoms with E-state index in [-0.39, 0.29) is 0 Å². The van der Waals surface area contributed by atoms with Gasteiger partial charge < -0.3 is 4.74 Å². The SMILES string of the molecule is Cc1ccc(C2=CCOCC2)s1. The molecule has 0 amide bonds. The highest BCUT2D eigenvalue weighted by Crippen LogP contribution is 2.27. The largest absolute Gasteiger partial charge is 0.377 e. The second-order valence-corrected chi connectivity index (χ2v) is 4.25. The Hall–Kier alpha value is -0.600. The standard InChI is InChI=1S/C10H12OS/c1-8-2-3-10(12-8)9-4-6-11-7-5-9/h2-4H,5-7H2,1H3. The van der Waals surface area contributed by atoms with Gasteiger partial charge in [0.25, 0.3) is 0 Å². The van der Waals surface area contributed by atoms with Crippen molar-refractivity contribution in [2.75, 3.05) is 13.2 Å². The lowest BCUT2D eigenvalue weighted by Gasteiger charge is -2.11. The van der Waals surface area contributed by atoms with Gasteiger partial charge in [-0.3, -0.25) is 0 Å². The fourth-order valence-electron chi connectivity index (χ4n) is 1.36. The van der Waals surface area contributed by atoms with E-state index in [4.69, 9.17) is 4.74 Å². The Morgan fingerprint density at radius 2 is 2.33 bits per heavy atom. The Balaban J connectivity index is 2.23. The molecule has 0 saturated heterocycles. The van der Waals surface area contributed by atoms with E-state index < -0.39 is 0 Å². The Morgan fingerprint density at radius 1 is 1.42 bits per heavy atom. The molecular formula is C10H12OS. The smallest absolute Gasteiger partial charge is 0.0653 e. The second kappa shape index (κ2) is 3.42. The van der Waals surface area contributed by atoms with Crippen LogP contribution in [0.15, 0.2) is 18.2 Å². The van der Waals surface area contributed by atoms with Gasteiger partial charge in [-0.1, -0.05) is 6.08 Å². The molecular weight excluding hydrogens is 168 g/mol. The Labute approximate surface area is 76.7 Å². The summed E-state index contributed by atoms with van der Waals surface area (Å²) >= 11 is 1.87. The van der Waals surface area contributed by atoms with Crippen LogP contribution in [0.4, 0.5) is 0 Å². The van der Waals surface area contributed by atoms with Gasteiger partial charge in [0.05, 0.1) is 13.2 Å². The van der Waals surface area contributed by atoms with Gasteiger partial charge >= 0.3 is 0 Å². The van der Waals surface area contributed by atoms with E-state index in [2.05, 4.69) is 25.1 Å². The molecule has 1 nitrogen and oxygen atoms in total. The van der Waals surface area contributed by atoms with Crippen molar-refractivity contribution < 1.29 is 4.74 Å². The lowest BCUT2D eigenvalue weighted by Crippen LogP contribution is -2.02. The number of aryl methyl sites for hydroxylation is 1. The molecule has 12 heavy (non-hydrogen) atoms. The van der Waals surface area contributed by atoms with Gasteiger partial charge in [-0.2, -0.15) is 0 Å². The van der Waals surface area contributed by atoms with Crippen LogP contribution in [0.25, 0.3) is 5.57 Å². The predicted octanol–water partition coefficient (Wildman–Crippen LogP) is 2.86. The van der Waals surface area contributed by atoms with E-state index in [1.807, 2.05) is 11.3 Å². The molecule has 0 N–H and O–H groups in total. The van der Waals surface area contributed by atoms with Crippen molar-refractivity contribution in [2.45, 2.75) is 13.3 Å². The zero-order valence-corrected chi connectivity index (χ0v) is 7.99. The molecule has 0 aliphatic carbocycles. The van der Waals surface area contributed by atoms with E-state index in [0.717, 1.165) is 19.6 Å². The first kappa shape index (κ1) is 8.02. The summed E-state index contributed by atoms with van der Waals surface area (Å²) in [5.41, 5.74) is 1.46. The highest BCUT2D eigenvalue weighted by Gasteiger charge is 2.07. The molecule has 2 heterocycles. The summed E-state index contributed by atoms with van der Waals surface area (Å²) in [4.78, 5) is 2.80. The van der Waals surface area contributed by atoms with E-state index >= 15 is 0 Å². The van der Waals surface area contributed by atoms with Crippen molar-refractivity contribution in [3.8, 4) is 0 Å². The molecule has 1 aliphatic heterocycles. The van der Waals surface area contributed by atoms with Crippen LogP contribution >= 0.6 is 11.3 Å². The minimum absolute atomic E-state index is 0.784. The summed E-state index contributed by atoms with van der Waals surface area (Å²) in [5, 5.41) is 0. The highest BCUT2D eigenvalue weighted by molar-refractivity contribution is 7.13. The second-order valence-electron chi connectivity index (χ2n) is 2.96. The van der Waals surface area contributed by atoms with Gasteiger partial charge in [-0.25, -0.2) is 0 Å². The molecule has 0 atom stereocenters. The maximum absolute atomic E-state index is 5.26. The maximum atomic E-state index is 5.26. The average Bonchev–Trinajstić information content (AvgIpc) is 2.54. The maximum Gasteiger partial charge on any atom is 0.0653 e. The number of hydrogen-bond donors (Lipinski definition) is 0. The van der Waals surface area contributed by atoms with Gasteiger partial charge in [-0.15, -0.1) is 11.3 Å². The van der Waals surface area contributed by atoms with Crippen LogP contribution in [-0.4, -0.2) is 13.2 Å². The lowest BCUT2D eigenvalue weighted by atomic mass is 10.1. The van der Waals surface area contributed by atoms with E-state index in [1.54, 1.807) is 0 Å². The summed E-state index contributed by atoms with van der Waals surface area (Å²) in [6.45, 7) is 3.81. The van der Waals surface area contributed by atoms with Crippen molar-refractivity contribution in [1.82, 2.24) is 0 Å². The van der Waals surface area contributed by atoms with Gasteiger partial charge in [0.1, 0.15) is 0 Å². The van der Waals surface area contributed by atoms with Crippen molar-refractivity contribution >= 4 is 16.9 Å². The molecule has 64 valence electrons. The molecule has 1 aliphatic rings. The molecule has 0 spiro atoms. The third-order valence-electron chi connectivity index (χ3n) is 2.02. The van der Waals surface area contributed by atoms with Crippen molar-refractivity contribution in [3.63, 3.8) is 0 Å². The Bertz CT molecular complexity index is 299. The van der Waals surface area contributed by atoms with E-state index in [9.17, 15) is 0 Å². The molecule has 2 rings (SSSR count). The molecule has 1 aromatic heterocycles. The molecule has 2 heteroatoms. The number of rotatable bonds is 1. The highest BCUT2D eigenvalue weighted by atomic mass is 32.1. The molecule has 1 aromatic rings. The third-order valence-corrected chi connectivity index (χ3v) is 3.10. The molecule has 0 aromatic carbocycles. The summed E-state index contributed by atoms with van der Waals surface area (Å²) < 4.78 is 5.26. The predicted molar refractivity (Wildman–Crippen MR) is 52.5 cm³/mol. The average molecular weight is 180 g/mol. The minimum Gasteiger partial charge on any atom is -0.377 e. The van der Waals surface area contributed by atoms with Crippen molar-refractivity contribution in [2.24, 2.45) is 0 Å². The molecule has 0 unspecified atom stereocenters. The number of thiophene rings is 1. The van der Waals surface area contributed by atoms with Crippen LogP contribution in [0, 0.1) is 6.92 Å². The quantitative estimate of drug-likeness (QED) is 0.645. The van der Waals surface area contributed by atoms with Crippen molar-refractivity contribution in [3.05, 3.63) is 28.0 Å². The molecule has 0 radical (unpaired) electrons. The van der Waals surface area contributed by atoms with Gasteiger partial charge in [-0.05, 0) is 31.1 Å². The first-order chi connectivity index (χ1) is 5.86. The van der Waals surface area contributed by atoms with E-state index in [1.165, 1.54) is 15.3 Å². The van der Waals surface area contributed by atoms with Gasteiger partial charge in [0, 0.05) is 9.75 Å². The summed E-state index contributed by atoms with van der Waals surface area (Å²) in [6, 6.07) is 4.38. The lowest BCUT2D eigenvalue weighted by molar-refractivity contribution is 0.161. The topological polar surface area (TPSA) is 9.23 Å². The summed E-state index contributed by atoms with van der Waals surface area (Å²) in [7, 11) is 0. The first-order valence-corrected chi connectivity index (χ1v) is 5.01. The van der Waals surface area contributed by atoms with Crippen LogP contribution in [-0.2, 0) is 4.74 Å². The van der Waals surface area contributed by atoms with Crippen LogP contribution in [0.2, 0.25) is 0 Å². The van der Waals surface area contributed by atoms with Crippen LogP contribution in [0.3, 0.4) is 0 Å². The summed E-state index contributed by atoms with van der Waals surface area (Å²) in [6.07, 6.45) is 3.26. The molecule has 0 saturated carbocycles. The molecule has 0 bridgehead atoms. The van der Waals surface area contributed by atoms with Gasteiger partial charge in [0.2, 0.25) is 0 Å². The zero-order chi connectivity index (χ0) is 8.39. The van der Waals surface area contributed by atoms with Crippen molar-refractivity contribution in [1.29, 1.82) is 0 Å². The fourth-order valence-corrected chi connectivity index (χ4v) is 2.29. The minimum atomic E-state index is 0.784. The normalized spacial score (nSPS) is 17.6. The fraction of sp³-hybridized carbons (Fsp3) is 0.400. The monoisotopic (exact) mass is 180 g/mol. The van der Waals surface area contributed by atoms with E-state index in [0.29, 0.717) is 0 Å². The van der Waals surface area contributed by atoms with Crippen LogP contribution in [0.1, 0.15) is 16.2 Å². The Morgan fingerprint density at radius 3 is 2.92 bits per heavy atom. The first-order valence-electron chi connectivity index (χ1n) is 4.20. The Kier molecular flexibility index (Phi) is 2.28. The van der Waals surface area contributed by atoms with Crippen LogP contribution in [0.5, 0.6) is 0 Å². The number of hydrogen-bond acceptors (Lipinski definition) is 2.